The summed E-state index contributed by atoms with van der Waals surface area (Å²) in [5.41, 5.74) is 1.22. The lowest BCUT2D eigenvalue weighted by atomic mass is 10.1. The maximum absolute atomic E-state index is 13.3. The van der Waals surface area contributed by atoms with E-state index in [1.807, 2.05) is 51.1 Å². The van der Waals surface area contributed by atoms with Gasteiger partial charge >= 0.3 is 0 Å². The van der Waals surface area contributed by atoms with E-state index < -0.39 is 11.7 Å². The molecule has 0 saturated heterocycles. The molecular formula is C20H23FN2O2. The summed E-state index contributed by atoms with van der Waals surface area (Å²) < 4.78 is 19.0. The fourth-order valence-corrected chi connectivity index (χ4v) is 2.13. The molecule has 0 spiro atoms. The lowest BCUT2D eigenvalue weighted by Crippen LogP contribution is -2.33. The molecule has 0 aromatic heterocycles. The highest BCUT2D eigenvalue weighted by atomic mass is 19.1. The van der Waals surface area contributed by atoms with Crippen molar-refractivity contribution in [1.29, 1.82) is 0 Å². The molecule has 25 heavy (non-hydrogen) atoms. The Morgan fingerprint density at radius 3 is 2.48 bits per heavy atom. The van der Waals surface area contributed by atoms with Gasteiger partial charge in [-0.3, -0.25) is 10.1 Å². The topological polar surface area (TPSA) is 50.7 Å². The lowest BCUT2D eigenvalue weighted by Gasteiger charge is -2.15. The van der Waals surface area contributed by atoms with Crippen molar-refractivity contribution >= 4 is 11.9 Å². The normalized spacial score (nSPS) is 12.8. The summed E-state index contributed by atoms with van der Waals surface area (Å²) in [4.78, 5) is 16.8. The first-order chi connectivity index (χ1) is 12.0. The fourth-order valence-electron chi connectivity index (χ4n) is 2.13. The summed E-state index contributed by atoms with van der Waals surface area (Å²) in [5.74, 6) is -0.641. The third-order valence-corrected chi connectivity index (χ3v) is 3.45. The molecule has 132 valence electrons. The molecule has 1 N–H and O–H groups in total. The number of aliphatic imine (C=N–C) groups is 1. The van der Waals surface area contributed by atoms with E-state index >= 15 is 0 Å². The highest BCUT2D eigenvalue weighted by molar-refractivity contribution is 6.04. The van der Waals surface area contributed by atoms with E-state index in [4.69, 9.17) is 4.74 Å². The lowest BCUT2D eigenvalue weighted by molar-refractivity contribution is 0.0962. The average molecular weight is 342 g/mol. The highest BCUT2D eigenvalue weighted by Crippen LogP contribution is 2.16. The molecule has 4 nitrogen and oxygen atoms in total. The van der Waals surface area contributed by atoms with Crippen LogP contribution in [-0.4, -0.2) is 18.5 Å². The Bertz CT molecular complexity index is 729. The van der Waals surface area contributed by atoms with E-state index in [1.165, 1.54) is 18.2 Å². The summed E-state index contributed by atoms with van der Waals surface area (Å²) >= 11 is 0. The van der Waals surface area contributed by atoms with Gasteiger partial charge in [0.15, 0.2) is 0 Å². The quantitative estimate of drug-likeness (QED) is 0.649. The van der Waals surface area contributed by atoms with Gasteiger partial charge in [0.25, 0.3) is 11.9 Å². The number of nitrogens with one attached hydrogen (secondary N) is 1. The van der Waals surface area contributed by atoms with Crippen LogP contribution in [0.5, 0.6) is 0 Å². The Kier molecular flexibility index (Phi) is 6.69. The van der Waals surface area contributed by atoms with Gasteiger partial charge in [0.05, 0.1) is 12.6 Å². The Balaban J connectivity index is 2.17. The van der Waals surface area contributed by atoms with Gasteiger partial charge in [-0.25, -0.2) is 9.38 Å². The van der Waals surface area contributed by atoms with E-state index in [0.29, 0.717) is 6.61 Å². The molecule has 2 aromatic carbocycles. The molecule has 5 heteroatoms. The first-order valence-electron chi connectivity index (χ1n) is 8.28. The molecule has 0 fully saturated rings. The second kappa shape index (κ2) is 8.97. The minimum Gasteiger partial charge on any atom is -0.465 e. The third-order valence-electron chi connectivity index (χ3n) is 3.45. The Labute approximate surface area is 147 Å². The molecule has 0 unspecified atom stereocenters. The molecule has 0 aliphatic carbocycles. The number of ether oxygens (including phenoxy) is 1. The van der Waals surface area contributed by atoms with E-state index in [-0.39, 0.29) is 23.5 Å². The molecule has 0 aliphatic heterocycles. The number of amidine groups is 1. The average Bonchev–Trinajstić information content (AvgIpc) is 2.60. The van der Waals surface area contributed by atoms with Crippen LogP contribution < -0.4 is 5.32 Å². The molecule has 0 saturated carbocycles. The molecule has 1 atom stereocenters. The third kappa shape index (κ3) is 6.03. The Morgan fingerprint density at radius 1 is 1.12 bits per heavy atom. The zero-order valence-electron chi connectivity index (χ0n) is 14.7. The molecule has 0 bridgehead atoms. The number of halogens is 1. The SMILES string of the molecule is CC(C)COC(=N[C@@H](C)c1ccccc1)NC(=O)c1cccc(F)c1. The van der Waals surface area contributed by atoms with Gasteiger partial charge in [-0.05, 0) is 36.6 Å². The van der Waals surface area contributed by atoms with Gasteiger partial charge in [-0.1, -0.05) is 50.2 Å². The number of benzene rings is 2. The van der Waals surface area contributed by atoms with Crippen LogP contribution in [0, 0.1) is 11.7 Å². The molecule has 2 rings (SSSR count). The van der Waals surface area contributed by atoms with Crippen molar-refractivity contribution in [2.75, 3.05) is 6.61 Å². The van der Waals surface area contributed by atoms with Crippen molar-refractivity contribution in [2.45, 2.75) is 26.8 Å². The largest absolute Gasteiger partial charge is 0.465 e. The zero-order valence-corrected chi connectivity index (χ0v) is 14.7. The zero-order chi connectivity index (χ0) is 18.2. The number of hydrogen-bond acceptors (Lipinski definition) is 3. The molecule has 0 heterocycles. The van der Waals surface area contributed by atoms with Crippen LogP contribution in [-0.2, 0) is 4.74 Å². The van der Waals surface area contributed by atoms with E-state index in [0.717, 1.165) is 5.56 Å². The second-order valence-electron chi connectivity index (χ2n) is 6.19. The smallest absolute Gasteiger partial charge is 0.292 e. The fraction of sp³-hybridized carbons (Fsp3) is 0.300. The van der Waals surface area contributed by atoms with Gasteiger partial charge in [-0.2, -0.15) is 0 Å². The Hall–Kier alpha value is -2.69. The summed E-state index contributed by atoms with van der Waals surface area (Å²) in [7, 11) is 0. The van der Waals surface area contributed by atoms with Crippen molar-refractivity contribution in [3.63, 3.8) is 0 Å². The van der Waals surface area contributed by atoms with Gasteiger partial charge in [0.1, 0.15) is 5.82 Å². The van der Waals surface area contributed by atoms with Crippen molar-refractivity contribution in [3.05, 3.63) is 71.5 Å². The van der Waals surface area contributed by atoms with E-state index in [1.54, 1.807) is 6.07 Å². The van der Waals surface area contributed by atoms with E-state index in [9.17, 15) is 9.18 Å². The minimum atomic E-state index is -0.466. The summed E-state index contributed by atoms with van der Waals surface area (Å²) in [6, 6.07) is 15.2. The number of amides is 1. The van der Waals surface area contributed by atoms with Crippen LogP contribution in [0.1, 0.15) is 42.7 Å². The standard InChI is InChI=1S/C20H23FN2O2/c1-14(2)13-25-20(22-15(3)16-8-5-4-6-9-16)23-19(24)17-10-7-11-18(21)12-17/h4-12,14-15H,13H2,1-3H3,(H,22,23,24)/t15-/m0/s1. The van der Waals surface area contributed by atoms with Gasteiger partial charge in [-0.15, -0.1) is 0 Å². The summed E-state index contributed by atoms with van der Waals surface area (Å²) in [6.45, 7) is 6.35. The van der Waals surface area contributed by atoms with Gasteiger partial charge < -0.3 is 4.74 Å². The summed E-state index contributed by atoms with van der Waals surface area (Å²) in [5, 5.41) is 2.64. The molecule has 0 radical (unpaired) electrons. The number of carbonyl (C=O) groups excluding carboxylic acids is 1. The number of nitrogens with zero attached hydrogens (tertiary/aromatic N) is 1. The van der Waals surface area contributed by atoms with Crippen LogP contribution in [0.15, 0.2) is 59.6 Å². The minimum absolute atomic E-state index is 0.138. The van der Waals surface area contributed by atoms with Crippen LogP contribution in [0.25, 0.3) is 0 Å². The van der Waals surface area contributed by atoms with E-state index in [2.05, 4.69) is 10.3 Å². The number of hydrogen-bond donors (Lipinski definition) is 1. The molecule has 2 aromatic rings. The van der Waals surface area contributed by atoms with Gasteiger partial charge in [0, 0.05) is 5.56 Å². The highest BCUT2D eigenvalue weighted by Gasteiger charge is 2.13. The molecule has 0 aliphatic rings. The predicted octanol–water partition coefficient (Wildman–Crippen LogP) is 4.35. The second-order valence-corrected chi connectivity index (χ2v) is 6.19. The monoisotopic (exact) mass is 342 g/mol. The number of rotatable bonds is 5. The van der Waals surface area contributed by atoms with Crippen molar-refractivity contribution < 1.29 is 13.9 Å². The molecular weight excluding hydrogens is 319 g/mol. The van der Waals surface area contributed by atoms with Crippen LogP contribution in [0.3, 0.4) is 0 Å². The molecule has 1 amide bonds. The van der Waals surface area contributed by atoms with Crippen LogP contribution in [0.4, 0.5) is 4.39 Å². The maximum atomic E-state index is 13.3. The van der Waals surface area contributed by atoms with Crippen LogP contribution >= 0.6 is 0 Å². The summed E-state index contributed by atoms with van der Waals surface area (Å²) in [6.07, 6.45) is 0. The van der Waals surface area contributed by atoms with Crippen molar-refractivity contribution in [3.8, 4) is 0 Å². The predicted molar refractivity (Wildman–Crippen MR) is 96.9 cm³/mol. The maximum Gasteiger partial charge on any atom is 0.292 e. The Morgan fingerprint density at radius 2 is 1.84 bits per heavy atom. The van der Waals surface area contributed by atoms with Crippen molar-refractivity contribution in [2.24, 2.45) is 10.9 Å². The van der Waals surface area contributed by atoms with Crippen molar-refractivity contribution in [1.82, 2.24) is 5.32 Å². The first-order valence-corrected chi connectivity index (χ1v) is 8.28. The van der Waals surface area contributed by atoms with Gasteiger partial charge in [0.2, 0.25) is 0 Å². The first kappa shape index (κ1) is 18.6. The number of carbonyl (C=O) groups is 1. The van der Waals surface area contributed by atoms with Crippen LogP contribution in [0.2, 0.25) is 0 Å².